The molecule has 4 heterocycles. The Morgan fingerprint density at radius 1 is 0.232 bits per heavy atom. The van der Waals surface area contributed by atoms with Crippen LogP contribution in [0.5, 0.6) is 34.5 Å². The van der Waals surface area contributed by atoms with Crippen molar-refractivity contribution >= 4 is 35.8 Å². The number of carbonyl (C=O) groups excluding carboxylic acids is 6. The van der Waals surface area contributed by atoms with Crippen LogP contribution >= 0.6 is 0 Å². The number of aromatic hydroxyl groups is 6. The van der Waals surface area contributed by atoms with Gasteiger partial charge in [0.1, 0.15) is 34.5 Å². The fourth-order valence-corrected chi connectivity index (χ4v) is 6.86. The Bertz CT molecular complexity index is 3110. The number of aliphatic carboxylic acids is 6. The first kappa shape index (κ1) is 89.3. The number of phenols is 6. The molecule has 6 aromatic carbocycles. The van der Waals surface area contributed by atoms with Crippen LogP contribution in [0.15, 0.2) is 244 Å². The summed E-state index contributed by atoms with van der Waals surface area (Å²) in [5.41, 5.74) is 8.46. The average Bonchev–Trinajstić information content (AvgIpc) is 3.10. The van der Waals surface area contributed by atoms with Gasteiger partial charge in [-0.2, -0.15) is 0 Å². The van der Waals surface area contributed by atoms with Gasteiger partial charge in [-0.3, -0.25) is 19.9 Å². The van der Waals surface area contributed by atoms with Crippen LogP contribution in [0.1, 0.15) is 33.4 Å². The van der Waals surface area contributed by atoms with Crippen LogP contribution in [0.25, 0.3) is 22.3 Å². The third kappa shape index (κ3) is 43.5. The zero-order valence-electron chi connectivity index (χ0n) is 50.2. The van der Waals surface area contributed by atoms with Crippen LogP contribution in [0, 0.1) is 80.8 Å². The van der Waals surface area contributed by atoms with Crippen molar-refractivity contribution < 1.29 is 187 Å². The first-order valence-electron chi connectivity index (χ1n) is 26.5. The van der Waals surface area contributed by atoms with Gasteiger partial charge in [0.2, 0.25) is 0 Å². The van der Waals surface area contributed by atoms with Crippen molar-refractivity contribution in [2.45, 2.75) is 38.5 Å². The van der Waals surface area contributed by atoms with E-state index in [9.17, 15) is 59.4 Å². The number of rotatable bonds is 14. The number of pyridine rings is 4. The molecule has 0 saturated carbocycles. The quantitative estimate of drug-likeness (QED) is 0.0763. The molecule has 0 unspecified atom stereocenters. The second-order valence-corrected chi connectivity index (χ2v) is 18.2. The number of hydrogen-bond donors (Lipinski definition) is 6. The summed E-state index contributed by atoms with van der Waals surface area (Å²) < 4.78 is 0. The molecule has 494 valence electrons. The first-order chi connectivity index (χ1) is 43.0. The van der Waals surface area contributed by atoms with E-state index in [0.29, 0.717) is 33.4 Å². The number of hydrogen-bond acceptors (Lipinski definition) is 22. The number of carboxylic acid groups (broad SMARTS) is 6. The second-order valence-electron chi connectivity index (χ2n) is 18.2. The molecule has 0 spiro atoms. The smallest absolute Gasteiger partial charge is 0.550 e. The summed E-state index contributed by atoms with van der Waals surface area (Å²) in [6, 6.07) is 51.7. The van der Waals surface area contributed by atoms with Gasteiger partial charge in [-0.05, 0) is 177 Å². The molecule has 2 radical (unpaired) electrons. The van der Waals surface area contributed by atoms with Crippen molar-refractivity contribution in [1.29, 1.82) is 0 Å². The van der Waals surface area contributed by atoms with Crippen LogP contribution in [0.3, 0.4) is 0 Å². The molecular weight excluding hydrogens is 1510 g/mol. The van der Waals surface area contributed by atoms with Crippen LogP contribution in [0.2, 0.25) is 0 Å². The van der Waals surface area contributed by atoms with Gasteiger partial charge in [0.15, 0.2) is 0 Å². The van der Waals surface area contributed by atoms with Gasteiger partial charge in [-0.25, -0.2) is 0 Å². The van der Waals surface area contributed by atoms with Crippen molar-refractivity contribution in [3.63, 3.8) is 0 Å². The van der Waals surface area contributed by atoms with Gasteiger partial charge in [0, 0.05) is 124 Å². The molecule has 0 fully saturated rings. The summed E-state index contributed by atoms with van der Waals surface area (Å²) in [6.07, 6.45) is 13.6. The minimum absolute atomic E-state index is 0. The molecule has 0 atom stereocenters. The molecule has 0 saturated heterocycles. The molecule has 95 heavy (non-hydrogen) atoms. The van der Waals surface area contributed by atoms with Crippen LogP contribution < -0.4 is 30.6 Å². The fourth-order valence-electron chi connectivity index (χ4n) is 6.86. The molecule has 0 aliphatic heterocycles. The molecule has 10 aromatic rings. The fraction of sp³-hybridized carbons (Fsp3) is 0.0882. The van der Waals surface area contributed by atoms with E-state index in [1.165, 1.54) is 95.1 Å². The van der Waals surface area contributed by atoms with E-state index in [0.717, 1.165) is 0 Å². The molecule has 14 N–H and O–H groups in total. The predicted molar refractivity (Wildman–Crippen MR) is 329 cm³/mol. The molecule has 27 heteroatoms. The summed E-state index contributed by atoms with van der Waals surface area (Å²) in [7, 11) is 0. The monoisotopic (exact) mass is 1580 g/mol. The Kier molecular flexibility index (Phi) is 48.5. The Labute approximate surface area is 609 Å². The Morgan fingerprint density at radius 2 is 0.337 bits per heavy atom. The van der Waals surface area contributed by atoms with Crippen LogP contribution in [0.4, 0.5) is 0 Å². The van der Waals surface area contributed by atoms with Crippen molar-refractivity contribution in [3.8, 4) is 56.8 Å². The molecule has 0 aliphatic carbocycles. The van der Waals surface area contributed by atoms with Crippen molar-refractivity contribution in [2.75, 3.05) is 0 Å². The SMILES string of the molecule is O.O=C([O-])Cc1ccc(O)cc1.O=C([O-])Cc1ccc(O)cc1.O=C([O-])Cc1ccc(O)cc1.O=C([O-])Cc1ccc(O)cc1.O=C([O-])Cc1ccc(O)cc1.O=C([O-])Cc1ccc(O)cc1.[OH3+].[OH3+].[Sm+3].[Sm+3].c1cc(-c2ccncc2)ccn1.c1cc(-c2ccncc2)ccn1. The normalized spacial score (nSPS) is 9.01. The third-order valence-corrected chi connectivity index (χ3v) is 11.1. The van der Waals surface area contributed by atoms with Gasteiger partial charge < -0.3 is 106 Å². The minimum Gasteiger partial charge on any atom is -0.550 e. The van der Waals surface area contributed by atoms with E-state index in [-0.39, 0.29) is 170 Å². The zero-order chi connectivity index (χ0) is 66.1. The molecule has 4 aromatic heterocycles. The number of aromatic nitrogens is 4. The molecule has 0 bridgehead atoms. The Hall–Kier alpha value is -9.90. The minimum atomic E-state index is -1.12. The predicted octanol–water partition coefficient (Wildman–Crippen LogP) is -0.274. The largest absolute Gasteiger partial charge is 3.00 e. The molecule has 10 rings (SSSR count). The van der Waals surface area contributed by atoms with Gasteiger partial charge in [-0.15, -0.1) is 0 Å². The number of nitrogens with zero attached hydrogens (tertiary/aromatic N) is 4. The van der Waals surface area contributed by atoms with Gasteiger partial charge in [0.05, 0.1) is 0 Å². The van der Waals surface area contributed by atoms with Gasteiger partial charge in [0.25, 0.3) is 0 Å². The Balaban J connectivity index is -0.00000101. The summed E-state index contributed by atoms with van der Waals surface area (Å²) in [5.74, 6) is -5.90. The van der Waals surface area contributed by atoms with E-state index in [1.54, 1.807) is 122 Å². The molecule has 25 nitrogen and oxygen atoms in total. The van der Waals surface area contributed by atoms with Gasteiger partial charge >= 0.3 is 80.8 Å². The van der Waals surface area contributed by atoms with Gasteiger partial charge in [-0.1, -0.05) is 72.8 Å². The maximum atomic E-state index is 10.1. The Morgan fingerprint density at radius 3 is 0.432 bits per heavy atom. The number of carbonyl (C=O) groups is 6. The van der Waals surface area contributed by atoms with Crippen molar-refractivity contribution in [3.05, 3.63) is 277 Å². The summed E-state index contributed by atoms with van der Waals surface area (Å²) in [6.45, 7) is 0. The van der Waals surface area contributed by atoms with E-state index < -0.39 is 35.8 Å². The van der Waals surface area contributed by atoms with E-state index >= 15 is 0 Å². The van der Waals surface area contributed by atoms with E-state index in [2.05, 4.69) is 19.9 Å². The van der Waals surface area contributed by atoms with Crippen LogP contribution in [-0.2, 0) is 78.2 Å². The van der Waals surface area contributed by atoms with Crippen molar-refractivity contribution in [2.24, 2.45) is 0 Å². The molecule has 0 amide bonds. The maximum Gasteiger partial charge on any atom is 3.00 e. The topological polar surface area (TPSA) is 511 Å². The van der Waals surface area contributed by atoms with E-state index in [1.807, 2.05) is 48.5 Å². The summed E-state index contributed by atoms with van der Waals surface area (Å²) in [5, 5.41) is 113. The second kappa shape index (κ2) is 51.6. The first-order valence-corrected chi connectivity index (χ1v) is 26.5. The number of carboxylic acids is 6. The average molecular weight is 1580 g/mol. The summed E-state index contributed by atoms with van der Waals surface area (Å²) >= 11 is 0. The molecular formula is C68H66N4O21Sm2+2. The molecule has 0 aliphatic rings. The summed E-state index contributed by atoms with van der Waals surface area (Å²) in [4.78, 5) is 76.3. The van der Waals surface area contributed by atoms with Crippen LogP contribution in [-0.4, -0.2) is 91.9 Å². The third-order valence-electron chi connectivity index (χ3n) is 11.1. The standard InChI is InChI=1S/2C10H8N2.6C8H8O3.3H2O.2Sm/c2*1-5-11-6-2-9(1)10-3-7-12-8-4-10;6*9-7-3-1-6(2-4-7)5-8(10)11;;;;;/h2*1-8H;6*1-4,9H,5H2,(H,10,11);3*1H2;;/q;;;;;;;;;;;2*+3/p-4. The van der Waals surface area contributed by atoms with E-state index in [4.69, 9.17) is 30.6 Å². The zero-order valence-corrected chi connectivity index (χ0v) is 55.4. The van der Waals surface area contributed by atoms with Crippen molar-refractivity contribution in [1.82, 2.24) is 19.9 Å². The number of benzene rings is 6. The number of phenolic OH excluding ortho intramolecular Hbond substituents is 6. The maximum absolute atomic E-state index is 10.1.